The van der Waals surface area contributed by atoms with Crippen molar-refractivity contribution in [2.45, 2.75) is 12.2 Å². The number of carbonyl (C=O) groups excluding carboxylic acids is 1. The number of carboxylic acids is 2. The monoisotopic (exact) mass is 226 g/mol. The summed E-state index contributed by atoms with van der Waals surface area (Å²) in [6.07, 6.45) is -5.07. The third kappa shape index (κ3) is 7.53. The fraction of sp³-hybridized carbons (Fsp3) is 0.500. The summed E-state index contributed by atoms with van der Waals surface area (Å²) in [5.41, 5.74) is 0. The fourth-order valence-corrected chi connectivity index (χ4v) is 0.258. The number of aliphatic carboxylic acids is 2. The molecule has 12 heavy (non-hydrogen) atoms. The van der Waals surface area contributed by atoms with E-state index in [-0.39, 0.29) is 103 Å². The van der Waals surface area contributed by atoms with Crippen molar-refractivity contribution in [1.82, 2.24) is 0 Å². The first-order chi connectivity index (χ1) is 4.46. The fourth-order valence-electron chi connectivity index (χ4n) is 0.258. The van der Waals surface area contributed by atoms with Crippen LogP contribution in [0.4, 0.5) is 0 Å². The zero-order valence-corrected chi connectivity index (χ0v) is 12.9. The number of aliphatic hydroxyl groups excluding tert-OH is 1. The molecule has 0 aromatic rings. The van der Waals surface area contributed by atoms with Gasteiger partial charge in [0.05, 0.1) is 0 Å². The molecule has 0 spiro atoms. The van der Waals surface area contributed by atoms with Crippen molar-refractivity contribution in [3.8, 4) is 0 Å². The van der Waals surface area contributed by atoms with E-state index in [9.17, 15) is 19.8 Å². The predicted molar refractivity (Wildman–Crippen MR) is 22.4 cm³/mol. The Labute approximate surface area is 153 Å². The van der Waals surface area contributed by atoms with Crippen molar-refractivity contribution in [2.24, 2.45) is 0 Å². The molecule has 0 radical (unpaired) electrons. The van der Waals surface area contributed by atoms with Crippen LogP contribution in [0, 0.1) is 0 Å². The average Bonchev–Trinajstić information content (AvgIpc) is 1.84. The Morgan fingerprint density at radius 1 is 1.25 bits per heavy atom. The number of carboxylic acid groups (broad SMARTS) is 2. The number of rotatable bonds is 3. The Kier molecular flexibility index (Phi) is 15.9. The van der Waals surface area contributed by atoms with E-state index >= 15 is 0 Å². The van der Waals surface area contributed by atoms with E-state index in [0.29, 0.717) is 0 Å². The van der Waals surface area contributed by atoms with Crippen LogP contribution in [0.5, 0.6) is 0 Å². The van der Waals surface area contributed by atoms with Crippen molar-refractivity contribution in [2.75, 3.05) is 0 Å². The molecule has 2 atom stereocenters. The van der Waals surface area contributed by atoms with Gasteiger partial charge in [-0.05, 0) is 6.10 Å². The minimum absolute atomic E-state index is 0. The number of carbonyl (C=O) groups is 2. The van der Waals surface area contributed by atoms with Crippen LogP contribution in [0.1, 0.15) is 0 Å². The maximum absolute atomic E-state index is 10.1. The zero-order chi connectivity index (χ0) is 8.31. The summed E-state index contributed by atoms with van der Waals surface area (Å²) in [6, 6.07) is 0. The second-order valence-electron chi connectivity index (χ2n) is 1.52. The number of hydrogen-bond donors (Lipinski definition) is 2. The SMILES string of the molecule is O=C([O-])C([O-])C(O)C(=O)O.[K+].[K+]. The first-order valence-electron chi connectivity index (χ1n) is 2.24. The van der Waals surface area contributed by atoms with Crippen LogP contribution in [-0.2, 0) is 9.59 Å². The van der Waals surface area contributed by atoms with E-state index in [1.54, 1.807) is 0 Å². The Morgan fingerprint density at radius 3 is 1.67 bits per heavy atom. The zero-order valence-electron chi connectivity index (χ0n) is 6.68. The van der Waals surface area contributed by atoms with Gasteiger partial charge in [-0.3, -0.25) is 0 Å². The third-order valence-electron chi connectivity index (χ3n) is 0.772. The average molecular weight is 226 g/mol. The maximum atomic E-state index is 10.1. The molecular weight excluding hydrogens is 222 g/mol. The van der Waals surface area contributed by atoms with Crippen molar-refractivity contribution in [3.63, 3.8) is 0 Å². The van der Waals surface area contributed by atoms with Gasteiger partial charge < -0.3 is 25.2 Å². The summed E-state index contributed by atoms with van der Waals surface area (Å²) in [4.78, 5) is 19.3. The molecule has 8 heteroatoms. The molecule has 0 fully saturated rings. The van der Waals surface area contributed by atoms with Gasteiger partial charge in [-0.25, -0.2) is 4.79 Å². The molecule has 0 heterocycles. The first kappa shape index (κ1) is 19.7. The minimum atomic E-state index is -2.63. The molecule has 2 N–H and O–H groups in total. The number of aliphatic hydroxyl groups is 1. The standard InChI is InChI=1S/C4H5O6.2K/c5-1(3(7)8)2(6)4(9)10;;/h1-2,5H,(H,7,8)(H,9,10);;/q-1;2*+1/p-1. The van der Waals surface area contributed by atoms with E-state index in [0.717, 1.165) is 0 Å². The molecule has 0 aliphatic carbocycles. The summed E-state index contributed by atoms with van der Waals surface area (Å²) < 4.78 is 0. The summed E-state index contributed by atoms with van der Waals surface area (Å²) >= 11 is 0. The largest absolute Gasteiger partial charge is 1.00 e. The van der Waals surface area contributed by atoms with Gasteiger partial charge in [-0.2, -0.15) is 0 Å². The normalized spacial score (nSPS) is 13.2. The van der Waals surface area contributed by atoms with Crippen molar-refractivity contribution >= 4 is 11.9 Å². The number of hydrogen-bond acceptors (Lipinski definition) is 5. The van der Waals surface area contributed by atoms with E-state index in [1.807, 2.05) is 0 Å². The van der Waals surface area contributed by atoms with Gasteiger partial charge in [-0.15, -0.1) is 0 Å². The van der Waals surface area contributed by atoms with Crippen LogP contribution in [0.3, 0.4) is 0 Å². The van der Waals surface area contributed by atoms with Gasteiger partial charge in [-0.1, -0.05) is 0 Å². The van der Waals surface area contributed by atoms with Crippen LogP contribution in [0.2, 0.25) is 0 Å². The topological polar surface area (TPSA) is 121 Å². The molecule has 0 bridgehead atoms. The van der Waals surface area contributed by atoms with Crippen LogP contribution in [0.15, 0.2) is 0 Å². The molecule has 0 aliphatic heterocycles. The van der Waals surface area contributed by atoms with Crippen molar-refractivity contribution in [1.29, 1.82) is 0 Å². The minimum Gasteiger partial charge on any atom is -0.845 e. The Bertz CT molecular complexity index is 142. The third-order valence-corrected chi connectivity index (χ3v) is 0.772. The summed E-state index contributed by atoms with van der Waals surface area (Å²) in [5.74, 6) is -4.00. The summed E-state index contributed by atoms with van der Waals surface area (Å²) in [7, 11) is 0. The molecular formula is C4H4K2O6. The van der Waals surface area contributed by atoms with E-state index < -0.39 is 24.1 Å². The van der Waals surface area contributed by atoms with Crippen LogP contribution < -0.4 is 113 Å². The molecule has 58 valence electrons. The van der Waals surface area contributed by atoms with E-state index in [2.05, 4.69) is 0 Å². The second-order valence-corrected chi connectivity index (χ2v) is 1.52. The molecule has 0 amide bonds. The Balaban J connectivity index is -0.000000405. The summed E-state index contributed by atoms with van der Waals surface area (Å²) in [5, 5.41) is 35.8. The van der Waals surface area contributed by atoms with Gasteiger partial charge in [0.25, 0.3) is 0 Å². The Hall–Kier alpha value is 2.13. The van der Waals surface area contributed by atoms with Gasteiger partial charge in [0, 0.05) is 5.97 Å². The Morgan fingerprint density at radius 2 is 1.58 bits per heavy atom. The van der Waals surface area contributed by atoms with Crippen LogP contribution in [-0.4, -0.2) is 34.4 Å². The summed E-state index contributed by atoms with van der Waals surface area (Å²) in [6.45, 7) is 0. The molecule has 0 saturated heterocycles. The van der Waals surface area contributed by atoms with Gasteiger partial charge in [0.1, 0.15) is 6.10 Å². The van der Waals surface area contributed by atoms with Gasteiger partial charge in [0.15, 0.2) is 0 Å². The second kappa shape index (κ2) is 9.68. The smallest absolute Gasteiger partial charge is 0.845 e. The molecule has 0 aromatic carbocycles. The molecule has 6 nitrogen and oxygen atoms in total. The van der Waals surface area contributed by atoms with Crippen LogP contribution >= 0.6 is 0 Å². The van der Waals surface area contributed by atoms with E-state index in [1.165, 1.54) is 0 Å². The molecule has 0 aliphatic rings. The van der Waals surface area contributed by atoms with Crippen LogP contribution in [0.25, 0.3) is 0 Å². The molecule has 2 unspecified atom stereocenters. The molecule has 0 rings (SSSR count). The molecule has 0 saturated carbocycles. The van der Waals surface area contributed by atoms with Crippen molar-refractivity contribution in [3.05, 3.63) is 0 Å². The maximum Gasteiger partial charge on any atom is 1.00 e. The van der Waals surface area contributed by atoms with Gasteiger partial charge >= 0.3 is 109 Å². The molecule has 0 aromatic heterocycles. The van der Waals surface area contributed by atoms with Gasteiger partial charge in [0.2, 0.25) is 0 Å². The first-order valence-corrected chi connectivity index (χ1v) is 2.24. The van der Waals surface area contributed by atoms with E-state index in [4.69, 9.17) is 10.2 Å². The predicted octanol–water partition coefficient (Wildman–Crippen LogP) is -10.1. The quantitative estimate of drug-likeness (QED) is 0.461. The van der Waals surface area contributed by atoms with Crippen molar-refractivity contribution < 1.29 is 133 Å².